The first-order valence-corrected chi connectivity index (χ1v) is 7.62. The maximum absolute atomic E-state index is 11.2. The summed E-state index contributed by atoms with van der Waals surface area (Å²) in [5.74, 6) is 0.875. The molecule has 1 aromatic heterocycles. The van der Waals surface area contributed by atoms with Crippen LogP contribution in [0.15, 0.2) is 22.8 Å². The number of furan rings is 1. The van der Waals surface area contributed by atoms with E-state index in [9.17, 15) is 9.90 Å². The van der Waals surface area contributed by atoms with Crippen molar-refractivity contribution in [1.82, 2.24) is 4.90 Å². The Morgan fingerprint density at radius 3 is 3.05 bits per heavy atom. The Morgan fingerprint density at radius 1 is 1.50 bits per heavy atom. The lowest BCUT2D eigenvalue weighted by atomic mass is 10.0. The Labute approximate surface area is 120 Å². The molecule has 0 saturated carbocycles. The molecule has 0 radical (unpaired) electrons. The van der Waals surface area contributed by atoms with Crippen molar-refractivity contribution in [2.45, 2.75) is 57.6 Å². The van der Waals surface area contributed by atoms with Crippen molar-refractivity contribution < 1.29 is 14.3 Å². The molecule has 0 aliphatic carbocycles. The molecule has 2 heterocycles. The van der Waals surface area contributed by atoms with E-state index in [1.165, 1.54) is 19.3 Å². The lowest BCUT2D eigenvalue weighted by Crippen LogP contribution is -2.37. The summed E-state index contributed by atoms with van der Waals surface area (Å²) in [6.07, 6.45) is 7.06. The molecule has 0 aromatic carbocycles. The fourth-order valence-corrected chi connectivity index (χ4v) is 2.95. The monoisotopic (exact) mass is 279 g/mol. The van der Waals surface area contributed by atoms with Gasteiger partial charge >= 0.3 is 0 Å². The van der Waals surface area contributed by atoms with E-state index in [-0.39, 0.29) is 5.78 Å². The van der Waals surface area contributed by atoms with Crippen molar-refractivity contribution in [3.05, 3.63) is 24.2 Å². The highest BCUT2D eigenvalue weighted by Gasteiger charge is 2.25. The van der Waals surface area contributed by atoms with Gasteiger partial charge in [-0.2, -0.15) is 0 Å². The molecule has 2 unspecified atom stereocenters. The van der Waals surface area contributed by atoms with Crippen molar-refractivity contribution in [2.75, 3.05) is 13.1 Å². The molecule has 2 rings (SSSR count). The number of carbonyl (C=O) groups excluding carboxylic acids is 1. The minimum absolute atomic E-state index is 0.236. The number of Topliss-reactive ketones (excluding diaryl/α,β-unsaturated/α-hetero) is 1. The van der Waals surface area contributed by atoms with E-state index in [1.54, 1.807) is 19.3 Å². The number of nitrogens with zero attached hydrogens (tertiary/aromatic N) is 1. The van der Waals surface area contributed by atoms with Gasteiger partial charge in [-0.1, -0.05) is 12.8 Å². The molecule has 1 aromatic rings. The normalized spacial score (nSPS) is 22.4. The standard InChI is InChI=1S/C16H25NO3/c1-13(18)8-10-17-9-4-2-3-6-14(17)12-15(19)16-7-5-11-20-16/h5,7,11,14-15,19H,2-4,6,8-10,12H2,1H3. The molecule has 0 spiro atoms. The molecule has 1 aliphatic heterocycles. The summed E-state index contributed by atoms with van der Waals surface area (Å²) in [4.78, 5) is 13.6. The third kappa shape index (κ3) is 4.46. The van der Waals surface area contributed by atoms with Crippen molar-refractivity contribution in [2.24, 2.45) is 0 Å². The maximum atomic E-state index is 11.2. The van der Waals surface area contributed by atoms with Gasteiger partial charge in [0.05, 0.1) is 6.26 Å². The Bertz CT molecular complexity index is 402. The van der Waals surface area contributed by atoms with E-state index < -0.39 is 6.10 Å². The van der Waals surface area contributed by atoms with Gasteiger partial charge in [-0.3, -0.25) is 9.69 Å². The van der Waals surface area contributed by atoms with Crippen LogP contribution in [0.25, 0.3) is 0 Å². The third-order valence-corrected chi connectivity index (χ3v) is 4.12. The number of carbonyl (C=O) groups is 1. The summed E-state index contributed by atoms with van der Waals surface area (Å²) in [6, 6.07) is 3.97. The molecule has 4 heteroatoms. The first-order valence-electron chi connectivity index (χ1n) is 7.62. The summed E-state index contributed by atoms with van der Waals surface area (Å²) in [5.41, 5.74) is 0. The summed E-state index contributed by atoms with van der Waals surface area (Å²) in [6.45, 7) is 3.48. The fraction of sp³-hybridized carbons (Fsp3) is 0.688. The van der Waals surface area contributed by atoms with E-state index in [0.717, 1.165) is 19.5 Å². The quantitative estimate of drug-likeness (QED) is 0.870. The molecule has 4 nitrogen and oxygen atoms in total. The molecule has 20 heavy (non-hydrogen) atoms. The zero-order valence-electron chi connectivity index (χ0n) is 12.3. The van der Waals surface area contributed by atoms with E-state index >= 15 is 0 Å². The van der Waals surface area contributed by atoms with E-state index in [2.05, 4.69) is 4.90 Å². The molecule has 2 atom stereocenters. The first kappa shape index (κ1) is 15.3. The van der Waals surface area contributed by atoms with Crippen molar-refractivity contribution >= 4 is 5.78 Å². The van der Waals surface area contributed by atoms with Crippen LogP contribution in [0.4, 0.5) is 0 Å². The Morgan fingerprint density at radius 2 is 2.35 bits per heavy atom. The topological polar surface area (TPSA) is 53.7 Å². The van der Waals surface area contributed by atoms with E-state index in [1.807, 2.05) is 6.07 Å². The molecule has 112 valence electrons. The van der Waals surface area contributed by atoms with Crippen LogP contribution in [0, 0.1) is 0 Å². The Hall–Kier alpha value is -1.13. The SMILES string of the molecule is CC(=O)CCN1CCCCCC1CC(O)c1ccco1. The largest absolute Gasteiger partial charge is 0.467 e. The second-order valence-corrected chi connectivity index (χ2v) is 5.76. The van der Waals surface area contributed by atoms with Crippen molar-refractivity contribution in [3.63, 3.8) is 0 Å². The van der Waals surface area contributed by atoms with Gasteiger partial charge in [0.15, 0.2) is 0 Å². The van der Waals surface area contributed by atoms with Gasteiger partial charge in [-0.05, 0) is 44.9 Å². The van der Waals surface area contributed by atoms with Gasteiger partial charge in [0.1, 0.15) is 17.6 Å². The molecule has 1 N–H and O–H groups in total. The second kappa shape index (κ2) is 7.60. The summed E-state index contributed by atoms with van der Waals surface area (Å²) < 4.78 is 5.28. The van der Waals surface area contributed by atoms with Crippen LogP contribution in [0.5, 0.6) is 0 Å². The Kier molecular flexibility index (Phi) is 5.80. The van der Waals surface area contributed by atoms with Crippen LogP contribution < -0.4 is 0 Å². The van der Waals surface area contributed by atoms with Crippen LogP contribution in [0.3, 0.4) is 0 Å². The van der Waals surface area contributed by atoms with Crippen molar-refractivity contribution in [1.29, 1.82) is 0 Å². The molecule has 1 aliphatic rings. The number of aliphatic hydroxyl groups is 1. The average Bonchev–Trinajstić information content (AvgIpc) is 2.86. The summed E-state index contributed by atoms with van der Waals surface area (Å²) >= 11 is 0. The van der Waals surface area contributed by atoms with Crippen LogP contribution in [0.2, 0.25) is 0 Å². The predicted octanol–water partition coefficient (Wildman–Crippen LogP) is 2.93. The van der Waals surface area contributed by atoms with Crippen molar-refractivity contribution in [3.8, 4) is 0 Å². The number of aliphatic hydroxyl groups excluding tert-OH is 1. The van der Waals surface area contributed by atoms with Gasteiger partial charge in [-0.25, -0.2) is 0 Å². The van der Waals surface area contributed by atoms with Gasteiger partial charge in [0.2, 0.25) is 0 Å². The zero-order chi connectivity index (χ0) is 14.4. The third-order valence-electron chi connectivity index (χ3n) is 4.12. The number of rotatable bonds is 6. The average molecular weight is 279 g/mol. The van der Waals surface area contributed by atoms with Crippen LogP contribution in [-0.2, 0) is 4.79 Å². The highest BCUT2D eigenvalue weighted by atomic mass is 16.4. The molecule has 0 bridgehead atoms. The van der Waals surface area contributed by atoms with Crippen LogP contribution in [0.1, 0.15) is 57.3 Å². The highest BCUT2D eigenvalue weighted by Crippen LogP contribution is 2.26. The smallest absolute Gasteiger partial charge is 0.132 e. The second-order valence-electron chi connectivity index (χ2n) is 5.76. The fourth-order valence-electron chi connectivity index (χ4n) is 2.95. The lowest BCUT2D eigenvalue weighted by Gasteiger charge is -2.30. The first-order chi connectivity index (χ1) is 9.66. The molecule has 1 saturated heterocycles. The number of hydrogen-bond acceptors (Lipinski definition) is 4. The van der Waals surface area contributed by atoms with Gasteiger partial charge in [-0.15, -0.1) is 0 Å². The van der Waals surface area contributed by atoms with Gasteiger partial charge < -0.3 is 9.52 Å². The van der Waals surface area contributed by atoms with E-state index in [0.29, 0.717) is 24.6 Å². The van der Waals surface area contributed by atoms with Crippen LogP contribution >= 0.6 is 0 Å². The minimum Gasteiger partial charge on any atom is -0.467 e. The molecular weight excluding hydrogens is 254 g/mol. The minimum atomic E-state index is -0.548. The highest BCUT2D eigenvalue weighted by molar-refractivity contribution is 5.75. The summed E-state index contributed by atoms with van der Waals surface area (Å²) in [7, 11) is 0. The molecular formula is C16H25NO3. The summed E-state index contributed by atoms with van der Waals surface area (Å²) in [5, 5.41) is 10.3. The van der Waals surface area contributed by atoms with Gasteiger partial charge in [0.25, 0.3) is 0 Å². The number of likely N-dealkylation sites (tertiary alicyclic amines) is 1. The lowest BCUT2D eigenvalue weighted by molar-refractivity contribution is -0.117. The maximum Gasteiger partial charge on any atom is 0.132 e. The van der Waals surface area contributed by atoms with E-state index in [4.69, 9.17) is 4.42 Å². The zero-order valence-corrected chi connectivity index (χ0v) is 12.3. The Balaban J connectivity index is 1.95. The van der Waals surface area contributed by atoms with Crippen LogP contribution in [-0.4, -0.2) is 34.9 Å². The number of hydrogen-bond donors (Lipinski definition) is 1. The molecule has 1 fully saturated rings. The molecule has 0 amide bonds. The van der Waals surface area contributed by atoms with Gasteiger partial charge in [0, 0.05) is 19.0 Å². The predicted molar refractivity (Wildman–Crippen MR) is 77.4 cm³/mol. The number of ketones is 1.